The average molecular weight is 356 g/mol. The van der Waals surface area contributed by atoms with E-state index in [1.807, 2.05) is 24.3 Å². The standard InChI is InChI=1S/C19H24N4OS/c1-4-23(5-2)19(3,16-11-8-12-25-16)18-21-17(22-24-18)15-10-7-6-9-14(15)13-20/h6-12H,4-5,13,20H2,1-3H3. The first-order valence-electron chi connectivity index (χ1n) is 8.56. The zero-order chi connectivity index (χ0) is 17.9. The Labute approximate surface area is 152 Å². The van der Waals surface area contributed by atoms with Gasteiger partial charge < -0.3 is 10.3 Å². The van der Waals surface area contributed by atoms with Crippen LogP contribution in [0, 0.1) is 0 Å². The summed E-state index contributed by atoms with van der Waals surface area (Å²) < 4.78 is 5.76. The number of hydrogen-bond donors (Lipinski definition) is 1. The second-order valence-corrected chi connectivity index (χ2v) is 6.95. The molecule has 0 saturated heterocycles. The summed E-state index contributed by atoms with van der Waals surface area (Å²) in [6.07, 6.45) is 0. The molecule has 25 heavy (non-hydrogen) atoms. The number of benzene rings is 1. The van der Waals surface area contributed by atoms with Crippen LogP contribution in [0.2, 0.25) is 0 Å². The van der Waals surface area contributed by atoms with Gasteiger partial charge in [0.15, 0.2) is 0 Å². The molecule has 0 saturated carbocycles. The Morgan fingerprint density at radius 2 is 1.92 bits per heavy atom. The summed E-state index contributed by atoms with van der Waals surface area (Å²) in [6.45, 7) is 8.67. The highest BCUT2D eigenvalue weighted by Crippen LogP contribution is 2.38. The van der Waals surface area contributed by atoms with E-state index >= 15 is 0 Å². The minimum absolute atomic E-state index is 0.443. The highest BCUT2D eigenvalue weighted by molar-refractivity contribution is 7.10. The molecule has 0 fully saturated rings. The monoisotopic (exact) mass is 356 g/mol. The van der Waals surface area contributed by atoms with Gasteiger partial charge in [-0.15, -0.1) is 11.3 Å². The molecule has 1 unspecified atom stereocenters. The van der Waals surface area contributed by atoms with E-state index < -0.39 is 5.54 Å². The van der Waals surface area contributed by atoms with Crippen LogP contribution in [0.15, 0.2) is 46.3 Å². The van der Waals surface area contributed by atoms with E-state index in [1.54, 1.807) is 11.3 Å². The second kappa shape index (κ2) is 7.47. The van der Waals surface area contributed by atoms with Gasteiger partial charge in [-0.3, -0.25) is 4.90 Å². The molecule has 0 aliphatic carbocycles. The molecular formula is C19H24N4OS. The zero-order valence-corrected chi connectivity index (χ0v) is 15.7. The highest BCUT2D eigenvalue weighted by Gasteiger charge is 2.40. The summed E-state index contributed by atoms with van der Waals surface area (Å²) in [6, 6.07) is 12.1. The summed E-state index contributed by atoms with van der Waals surface area (Å²) in [5, 5.41) is 6.34. The third kappa shape index (κ3) is 3.13. The van der Waals surface area contributed by atoms with Crippen molar-refractivity contribution in [1.29, 1.82) is 0 Å². The molecule has 5 nitrogen and oxygen atoms in total. The first-order valence-corrected chi connectivity index (χ1v) is 9.44. The topological polar surface area (TPSA) is 68.2 Å². The molecule has 2 aromatic heterocycles. The number of aromatic nitrogens is 2. The van der Waals surface area contributed by atoms with Gasteiger partial charge in [-0.05, 0) is 37.0 Å². The van der Waals surface area contributed by atoms with Crippen LogP contribution >= 0.6 is 11.3 Å². The van der Waals surface area contributed by atoms with E-state index in [9.17, 15) is 0 Å². The first-order chi connectivity index (χ1) is 12.1. The van der Waals surface area contributed by atoms with Crippen LogP contribution in [0.1, 0.15) is 37.1 Å². The van der Waals surface area contributed by atoms with Crippen molar-refractivity contribution >= 4 is 11.3 Å². The lowest BCUT2D eigenvalue weighted by atomic mass is 9.97. The van der Waals surface area contributed by atoms with Gasteiger partial charge in [0.05, 0.1) is 0 Å². The van der Waals surface area contributed by atoms with Crippen LogP contribution in [0.5, 0.6) is 0 Å². The molecule has 2 N–H and O–H groups in total. The van der Waals surface area contributed by atoms with E-state index in [1.165, 1.54) is 4.88 Å². The lowest BCUT2D eigenvalue weighted by Crippen LogP contribution is -2.44. The first kappa shape index (κ1) is 17.8. The van der Waals surface area contributed by atoms with E-state index in [-0.39, 0.29) is 0 Å². The molecular weight excluding hydrogens is 332 g/mol. The maximum atomic E-state index is 5.86. The molecule has 3 rings (SSSR count). The van der Waals surface area contributed by atoms with E-state index in [2.05, 4.69) is 48.3 Å². The summed E-state index contributed by atoms with van der Waals surface area (Å²) in [7, 11) is 0. The normalized spacial score (nSPS) is 14.0. The molecule has 0 aliphatic heterocycles. The Balaban J connectivity index is 2.09. The van der Waals surface area contributed by atoms with E-state index in [0.717, 1.165) is 24.2 Å². The van der Waals surface area contributed by atoms with Gasteiger partial charge in [0.1, 0.15) is 5.54 Å². The van der Waals surface area contributed by atoms with Crippen LogP contribution in [0.3, 0.4) is 0 Å². The summed E-state index contributed by atoms with van der Waals surface area (Å²) >= 11 is 1.71. The Bertz CT molecular complexity index is 810. The minimum atomic E-state index is -0.444. The van der Waals surface area contributed by atoms with Gasteiger partial charge in [0.2, 0.25) is 5.82 Å². The number of nitrogens with two attached hydrogens (primary N) is 1. The Morgan fingerprint density at radius 3 is 2.56 bits per heavy atom. The maximum Gasteiger partial charge on any atom is 0.252 e. The van der Waals surface area contributed by atoms with Crippen molar-refractivity contribution < 1.29 is 4.52 Å². The molecule has 0 aliphatic rings. The van der Waals surface area contributed by atoms with Gasteiger partial charge >= 0.3 is 0 Å². The fourth-order valence-electron chi connectivity index (χ4n) is 3.26. The van der Waals surface area contributed by atoms with Crippen molar-refractivity contribution in [2.45, 2.75) is 32.9 Å². The van der Waals surface area contributed by atoms with E-state index in [0.29, 0.717) is 18.3 Å². The zero-order valence-electron chi connectivity index (χ0n) is 14.9. The van der Waals surface area contributed by atoms with Crippen LogP contribution in [0.4, 0.5) is 0 Å². The summed E-state index contributed by atoms with van der Waals surface area (Å²) in [5.41, 5.74) is 7.35. The number of hydrogen-bond acceptors (Lipinski definition) is 6. The van der Waals surface area contributed by atoms with Crippen molar-refractivity contribution in [3.63, 3.8) is 0 Å². The second-order valence-electron chi connectivity index (χ2n) is 6.01. The van der Waals surface area contributed by atoms with Crippen molar-refractivity contribution in [2.75, 3.05) is 13.1 Å². The lowest BCUT2D eigenvalue weighted by Gasteiger charge is -2.36. The Kier molecular flexibility index (Phi) is 5.32. The van der Waals surface area contributed by atoms with Gasteiger partial charge in [-0.1, -0.05) is 49.3 Å². The summed E-state index contributed by atoms with van der Waals surface area (Å²) in [4.78, 5) is 8.30. The molecule has 6 heteroatoms. The van der Waals surface area contributed by atoms with Crippen LogP contribution in [0.25, 0.3) is 11.4 Å². The van der Waals surface area contributed by atoms with Gasteiger partial charge in [0.25, 0.3) is 5.89 Å². The Morgan fingerprint density at radius 1 is 1.16 bits per heavy atom. The van der Waals surface area contributed by atoms with Gasteiger partial charge in [-0.2, -0.15) is 4.98 Å². The number of nitrogens with zero attached hydrogens (tertiary/aromatic N) is 3. The quantitative estimate of drug-likeness (QED) is 0.696. The van der Waals surface area contributed by atoms with Crippen LogP contribution in [-0.2, 0) is 12.1 Å². The van der Waals surface area contributed by atoms with Crippen molar-refractivity contribution in [3.8, 4) is 11.4 Å². The van der Waals surface area contributed by atoms with Crippen molar-refractivity contribution in [1.82, 2.24) is 15.0 Å². The molecule has 0 radical (unpaired) electrons. The molecule has 1 atom stereocenters. The fourth-order valence-corrected chi connectivity index (χ4v) is 4.16. The molecule has 132 valence electrons. The van der Waals surface area contributed by atoms with Crippen molar-refractivity contribution in [3.05, 3.63) is 58.1 Å². The third-order valence-corrected chi connectivity index (χ3v) is 5.80. The average Bonchev–Trinajstić information content (AvgIpc) is 3.34. The highest BCUT2D eigenvalue weighted by atomic mass is 32.1. The predicted molar refractivity (Wildman–Crippen MR) is 101 cm³/mol. The SMILES string of the molecule is CCN(CC)C(C)(c1nc(-c2ccccc2CN)no1)c1cccs1. The van der Waals surface area contributed by atoms with Crippen LogP contribution in [-0.4, -0.2) is 28.1 Å². The number of rotatable bonds is 7. The van der Waals surface area contributed by atoms with Crippen molar-refractivity contribution in [2.24, 2.45) is 5.73 Å². The van der Waals surface area contributed by atoms with Gasteiger partial charge in [0, 0.05) is 17.0 Å². The van der Waals surface area contributed by atoms with E-state index in [4.69, 9.17) is 15.2 Å². The molecule has 2 heterocycles. The molecule has 1 aromatic carbocycles. The number of thiophene rings is 1. The predicted octanol–water partition coefficient (Wildman–Crippen LogP) is 3.86. The minimum Gasteiger partial charge on any atom is -0.336 e. The summed E-state index contributed by atoms with van der Waals surface area (Å²) in [5.74, 6) is 1.20. The fraction of sp³-hybridized carbons (Fsp3) is 0.368. The molecule has 0 amide bonds. The molecule has 0 bridgehead atoms. The smallest absolute Gasteiger partial charge is 0.252 e. The largest absolute Gasteiger partial charge is 0.336 e. The lowest BCUT2D eigenvalue weighted by molar-refractivity contribution is 0.119. The van der Waals surface area contributed by atoms with Gasteiger partial charge in [-0.25, -0.2) is 0 Å². The Hall–Kier alpha value is -2.02. The molecule has 0 spiro atoms. The third-order valence-electron chi connectivity index (χ3n) is 4.72. The molecule has 3 aromatic rings. The maximum absolute atomic E-state index is 5.86. The van der Waals surface area contributed by atoms with Crippen LogP contribution < -0.4 is 5.73 Å².